The molecule has 2 aliphatic rings. The molecule has 0 aliphatic carbocycles. The minimum Gasteiger partial charge on any atom is -0.338 e. The summed E-state index contributed by atoms with van der Waals surface area (Å²) in [5, 5.41) is 2.14. The predicted molar refractivity (Wildman–Crippen MR) is 131 cm³/mol. The molecule has 0 N–H and O–H groups in total. The molecule has 0 saturated carbocycles. The Morgan fingerprint density at radius 2 is 1.59 bits per heavy atom. The van der Waals surface area contributed by atoms with Crippen molar-refractivity contribution < 1.29 is 14.0 Å². The smallest absolute Gasteiger partial charge is 0.256 e. The van der Waals surface area contributed by atoms with Crippen molar-refractivity contribution in [1.29, 1.82) is 0 Å². The highest BCUT2D eigenvalue weighted by Crippen LogP contribution is 2.39. The predicted octanol–water partition coefficient (Wildman–Crippen LogP) is 4.21. The van der Waals surface area contributed by atoms with E-state index in [4.69, 9.17) is 0 Å². The van der Waals surface area contributed by atoms with Crippen LogP contribution >= 0.6 is 11.3 Å². The number of fused-ring (bicyclic) bond motifs is 1. The summed E-state index contributed by atoms with van der Waals surface area (Å²) in [5.74, 6) is -0.745. The van der Waals surface area contributed by atoms with E-state index < -0.39 is 5.82 Å². The van der Waals surface area contributed by atoms with Gasteiger partial charge in [0.05, 0.1) is 17.6 Å². The second-order valence-electron chi connectivity index (χ2n) is 8.87. The van der Waals surface area contributed by atoms with Gasteiger partial charge in [-0.25, -0.2) is 4.39 Å². The average molecular weight is 478 g/mol. The van der Waals surface area contributed by atoms with Crippen LogP contribution in [0.3, 0.4) is 0 Å². The number of nitrogens with zero attached hydrogens (tertiary/aromatic N) is 3. The van der Waals surface area contributed by atoms with Crippen LogP contribution in [0.4, 0.5) is 4.39 Å². The van der Waals surface area contributed by atoms with Crippen LogP contribution in [0.2, 0.25) is 0 Å². The van der Waals surface area contributed by atoms with Gasteiger partial charge in [0, 0.05) is 37.6 Å². The Labute approximate surface area is 203 Å². The quantitative estimate of drug-likeness (QED) is 0.566. The van der Waals surface area contributed by atoms with E-state index in [9.17, 15) is 14.0 Å². The first-order valence-electron chi connectivity index (χ1n) is 11.7. The Morgan fingerprint density at radius 1 is 0.912 bits per heavy atom. The van der Waals surface area contributed by atoms with Gasteiger partial charge in [-0.05, 0) is 48.1 Å². The molecule has 2 aliphatic heterocycles. The standard InChI is InChI=1S/C27H28FN3O2S/c1-19(31-13-11-24-22(12-18-34-24)25(31)20-7-3-2-4-8-20)26(32)29-14-16-30(17-15-29)27(33)21-9-5-6-10-23(21)28/h2-10,12,18-19,25H,11,13-17H2,1H3. The Hall–Kier alpha value is -3.03. The van der Waals surface area contributed by atoms with Crippen molar-refractivity contribution in [2.75, 3.05) is 32.7 Å². The van der Waals surface area contributed by atoms with E-state index in [0.717, 1.165) is 13.0 Å². The zero-order valence-corrected chi connectivity index (χ0v) is 20.0. The zero-order chi connectivity index (χ0) is 23.7. The van der Waals surface area contributed by atoms with Crippen LogP contribution in [0.25, 0.3) is 0 Å². The third-order valence-corrected chi connectivity index (χ3v) is 7.95. The molecule has 1 saturated heterocycles. The number of amides is 2. The SMILES string of the molecule is CC(C(=O)N1CCN(C(=O)c2ccccc2F)CC1)N1CCc2sccc2C1c1ccccc1. The average Bonchev–Trinajstić information content (AvgIpc) is 3.37. The first-order valence-corrected chi connectivity index (χ1v) is 12.6. The summed E-state index contributed by atoms with van der Waals surface area (Å²) < 4.78 is 14.1. The maximum atomic E-state index is 14.1. The van der Waals surface area contributed by atoms with Crippen LogP contribution in [0.1, 0.15) is 39.3 Å². The number of carbonyl (C=O) groups excluding carboxylic acids is 2. The number of halogens is 1. The lowest BCUT2D eigenvalue weighted by molar-refractivity contribution is -0.138. The number of rotatable bonds is 4. The minimum atomic E-state index is -0.510. The van der Waals surface area contributed by atoms with Crippen LogP contribution < -0.4 is 0 Å². The summed E-state index contributed by atoms with van der Waals surface area (Å²) in [6.07, 6.45) is 0.943. The first-order chi connectivity index (χ1) is 16.5. The summed E-state index contributed by atoms with van der Waals surface area (Å²) in [6, 6.07) is 18.4. The fourth-order valence-corrected chi connectivity index (χ4v) is 6.00. The molecule has 0 radical (unpaired) electrons. The van der Waals surface area contributed by atoms with Gasteiger partial charge in [0.2, 0.25) is 5.91 Å². The van der Waals surface area contributed by atoms with Gasteiger partial charge in [0.1, 0.15) is 5.82 Å². The van der Waals surface area contributed by atoms with Crippen LogP contribution in [0, 0.1) is 5.82 Å². The molecule has 2 unspecified atom stereocenters. The zero-order valence-electron chi connectivity index (χ0n) is 19.2. The fourth-order valence-electron chi connectivity index (χ4n) is 5.10. The van der Waals surface area contributed by atoms with E-state index in [1.807, 2.05) is 30.0 Å². The van der Waals surface area contributed by atoms with Crippen LogP contribution in [-0.4, -0.2) is 65.3 Å². The van der Waals surface area contributed by atoms with Gasteiger partial charge in [0.15, 0.2) is 0 Å². The molecule has 1 aromatic heterocycles. The summed E-state index contributed by atoms with van der Waals surface area (Å²) in [5.41, 5.74) is 2.57. The second kappa shape index (κ2) is 9.68. The molecule has 0 bridgehead atoms. The van der Waals surface area contributed by atoms with E-state index in [0.29, 0.717) is 26.2 Å². The molecule has 5 nitrogen and oxygen atoms in total. The molecule has 2 aromatic carbocycles. The first kappa shape index (κ1) is 22.7. The highest BCUT2D eigenvalue weighted by Gasteiger charge is 2.37. The lowest BCUT2D eigenvalue weighted by atomic mass is 9.92. The molecule has 0 spiro atoms. The second-order valence-corrected chi connectivity index (χ2v) is 9.87. The Bertz CT molecular complexity index is 1170. The van der Waals surface area contributed by atoms with Crippen molar-refractivity contribution in [2.24, 2.45) is 0 Å². The van der Waals surface area contributed by atoms with E-state index in [2.05, 4.69) is 28.5 Å². The molecule has 7 heteroatoms. The number of hydrogen-bond acceptors (Lipinski definition) is 4. The van der Waals surface area contributed by atoms with Crippen molar-refractivity contribution in [2.45, 2.75) is 25.4 Å². The van der Waals surface area contributed by atoms with Gasteiger partial charge < -0.3 is 9.80 Å². The topological polar surface area (TPSA) is 43.9 Å². The molecular weight excluding hydrogens is 449 g/mol. The van der Waals surface area contributed by atoms with Crippen molar-refractivity contribution in [1.82, 2.24) is 14.7 Å². The molecular formula is C27H28FN3O2S. The molecule has 2 amide bonds. The van der Waals surface area contributed by atoms with Gasteiger partial charge in [-0.15, -0.1) is 11.3 Å². The maximum Gasteiger partial charge on any atom is 0.256 e. The molecule has 34 heavy (non-hydrogen) atoms. The minimum absolute atomic E-state index is 0.0547. The summed E-state index contributed by atoms with van der Waals surface area (Å²) in [7, 11) is 0. The molecule has 3 aromatic rings. The highest BCUT2D eigenvalue weighted by molar-refractivity contribution is 7.10. The van der Waals surface area contributed by atoms with Crippen molar-refractivity contribution in [3.8, 4) is 0 Å². The van der Waals surface area contributed by atoms with Gasteiger partial charge >= 0.3 is 0 Å². The third kappa shape index (κ3) is 4.26. The molecule has 5 rings (SSSR count). The summed E-state index contributed by atoms with van der Waals surface area (Å²) in [4.78, 5) is 33.5. The van der Waals surface area contributed by atoms with Gasteiger partial charge in [0.25, 0.3) is 5.91 Å². The molecule has 2 atom stereocenters. The lowest BCUT2D eigenvalue weighted by Crippen LogP contribution is -2.56. The van der Waals surface area contributed by atoms with Crippen molar-refractivity contribution in [3.63, 3.8) is 0 Å². The Morgan fingerprint density at radius 3 is 2.32 bits per heavy atom. The molecule has 176 valence electrons. The van der Waals surface area contributed by atoms with Gasteiger partial charge in [-0.1, -0.05) is 42.5 Å². The van der Waals surface area contributed by atoms with Crippen LogP contribution in [0.15, 0.2) is 66.0 Å². The monoisotopic (exact) mass is 477 g/mol. The maximum absolute atomic E-state index is 14.1. The fraction of sp³-hybridized carbons (Fsp3) is 0.333. The van der Waals surface area contributed by atoms with E-state index >= 15 is 0 Å². The molecule has 3 heterocycles. The lowest BCUT2D eigenvalue weighted by Gasteiger charge is -2.42. The summed E-state index contributed by atoms with van der Waals surface area (Å²) >= 11 is 1.79. The number of thiophene rings is 1. The number of benzene rings is 2. The Balaban J connectivity index is 1.29. The van der Waals surface area contributed by atoms with Crippen LogP contribution in [0.5, 0.6) is 0 Å². The van der Waals surface area contributed by atoms with E-state index in [1.54, 1.807) is 28.4 Å². The molecule has 1 fully saturated rings. The Kier molecular flexibility index (Phi) is 6.48. The van der Waals surface area contributed by atoms with Crippen LogP contribution in [-0.2, 0) is 11.2 Å². The van der Waals surface area contributed by atoms with Crippen molar-refractivity contribution in [3.05, 3.63) is 93.4 Å². The van der Waals surface area contributed by atoms with Gasteiger partial charge in [-0.2, -0.15) is 0 Å². The number of piperazine rings is 1. The summed E-state index contributed by atoms with van der Waals surface area (Å²) in [6.45, 7) is 4.54. The largest absolute Gasteiger partial charge is 0.338 e. The van der Waals surface area contributed by atoms with E-state index in [-0.39, 0.29) is 29.5 Å². The highest BCUT2D eigenvalue weighted by atomic mass is 32.1. The number of carbonyl (C=O) groups is 2. The normalized spacial score (nSPS) is 19.5. The van der Waals surface area contributed by atoms with E-state index in [1.165, 1.54) is 28.1 Å². The van der Waals surface area contributed by atoms with Crippen molar-refractivity contribution >= 4 is 23.2 Å². The van der Waals surface area contributed by atoms with Gasteiger partial charge in [-0.3, -0.25) is 14.5 Å². The number of hydrogen-bond donors (Lipinski definition) is 0. The third-order valence-electron chi connectivity index (χ3n) is 6.96.